The first-order valence-electron chi connectivity index (χ1n) is 6.89. The highest BCUT2D eigenvalue weighted by Crippen LogP contribution is 2.31. The van der Waals surface area contributed by atoms with Gasteiger partial charge in [0.05, 0.1) is 6.54 Å². The molecule has 1 heterocycles. The minimum absolute atomic E-state index is 0.0817. The number of anilines is 1. The van der Waals surface area contributed by atoms with Crippen LogP contribution in [0.5, 0.6) is 0 Å². The lowest BCUT2D eigenvalue weighted by molar-refractivity contribution is -0.138. The summed E-state index contributed by atoms with van der Waals surface area (Å²) in [5.74, 6) is -1.03. The maximum atomic E-state index is 12.0. The second kappa shape index (κ2) is 5.94. The highest BCUT2D eigenvalue weighted by atomic mass is 16.4. The molecule has 1 aliphatic heterocycles. The zero-order valence-electron chi connectivity index (χ0n) is 11.8. The monoisotopic (exact) mass is 276 g/mol. The topological polar surface area (TPSA) is 69.6 Å². The summed E-state index contributed by atoms with van der Waals surface area (Å²) >= 11 is 0. The molecule has 0 bridgehead atoms. The van der Waals surface area contributed by atoms with Crippen molar-refractivity contribution in [2.24, 2.45) is 0 Å². The van der Waals surface area contributed by atoms with Crippen molar-refractivity contribution in [1.82, 2.24) is 5.32 Å². The third kappa shape index (κ3) is 2.92. The minimum Gasteiger partial charge on any atom is -0.480 e. The van der Waals surface area contributed by atoms with Gasteiger partial charge in [0.2, 0.25) is 5.91 Å². The summed E-state index contributed by atoms with van der Waals surface area (Å²) in [6.45, 7) is 4.01. The van der Waals surface area contributed by atoms with E-state index in [-0.39, 0.29) is 18.5 Å². The molecule has 2 rings (SSSR count). The highest BCUT2D eigenvalue weighted by molar-refractivity contribution is 5.88. The summed E-state index contributed by atoms with van der Waals surface area (Å²) in [6.07, 6.45) is 1.30. The standard InChI is InChI=1S/C15H20N2O3/c1-3-10(2)16-14(18)9-17-12-7-5-4-6-11(12)8-13(17)15(19)20/h4-7,10,13H,3,8-9H2,1-2H3,(H,16,18)(H,19,20). The van der Waals surface area contributed by atoms with Gasteiger partial charge in [0, 0.05) is 18.2 Å². The summed E-state index contributed by atoms with van der Waals surface area (Å²) in [5.41, 5.74) is 1.83. The van der Waals surface area contributed by atoms with Crippen molar-refractivity contribution in [3.63, 3.8) is 0 Å². The fourth-order valence-corrected chi connectivity index (χ4v) is 2.44. The molecule has 0 saturated heterocycles. The maximum Gasteiger partial charge on any atom is 0.326 e. The Morgan fingerprint density at radius 1 is 1.45 bits per heavy atom. The van der Waals surface area contributed by atoms with Gasteiger partial charge in [-0.1, -0.05) is 25.1 Å². The Labute approximate surface area is 118 Å². The molecular weight excluding hydrogens is 256 g/mol. The molecule has 1 aliphatic rings. The molecule has 1 amide bonds. The third-order valence-corrected chi connectivity index (χ3v) is 3.71. The van der Waals surface area contributed by atoms with Crippen LogP contribution in [0.3, 0.4) is 0 Å². The molecule has 0 spiro atoms. The summed E-state index contributed by atoms with van der Waals surface area (Å²) in [4.78, 5) is 25.0. The van der Waals surface area contributed by atoms with Gasteiger partial charge in [-0.25, -0.2) is 4.79 Å². The molecular formula is C15H20N2O3. The Hall–Kier alpha value is -2.04. The van der Waals surface area contributed by atoms with Gasteiger partial charge in [-0.05, 0) is 25.0 Å². The number of carboxylic acids is 1. The van der Waals surface area contributed by atoms with Crippen LogP contribution in [-0.4, -0.2) is 35.6 Å². The Morgan fingerprint density at radius 3 is 2.80 bits per heavy atom. The number of carbonyl (C=O) groups is 2. The molecule has 2 atom stereocenters. The predicted octanol–water partition coefficient (Wildman–Crippen LogP) is 1.42. The van der Waals surface area contributed by atoms with Crippen molar-refractivity contribution < 1.29 is 14.7 Å². The largest absolute Gasteiger partial charge is 0.480 e. The number of rotatable bonds is 5. The quantitative estimate of drug-likeness (QED) is 0.853. The van der Waals surface area contributed by atoms with Gasteiger partial charge in [0.1, 0.15) is 6.04 Å². The molecule has 1 aromatic rings. The van der Waals surface area contributed by atoms with E-state index in [2.05, 4.69) is 5.32 Å². The van der Waals surface area contributed by atoms with Gasteiger partial charge >= 0.3 is 5.97 Å². The zero-order chi connectivity index (χ0) is 14.7. The van der Waals surface area contributed by atoms with Crippen molar-refractivity contribution in [2.45, 2.75) is 38.8 Å². The Balaban J connectivity index is 2.15. The van der Waals surface area contributed by atoms with E-state index in [0.29, 0.717) is 6.42 Å². The molecule has 1 aromatic carbocycles. The number of benzene rings is 1. The van der Waals surface area contributed by atoms with Crippen LogP contribution in [0, 0.1) is 0 Å². The number of hydrogen-bond donors (Lipinski definition) is 2. The van der Waals surface area contributed by atoms with E-state index in [1.165, 1.54) is 0 Å². The van der Waals surface area contributed by atoms with Crippen LogP contribution in [0.25, 0.3) is 0 Å². The number of nitrogens with one attached hydrogen (secondary N) is 1. The Bertz CT molecular complexity index is 516. The number of aliphatic carboxylic acids is 1. The van der Waals surface area contributed by atoms with Crippen LogP contribution in [-0.2, 0) is 16.0 Å². The number of hydrogen-bond acceptors (Lipinski definition) is 3. The van der Waals surface area contributed by atoms with Crippen LogP contribution < -0.4 is 10.2 Å². The lowest BCUT2D eigenvalue weighted by Crippen LogP contribution is -2.46. The van der Waals surface area contributed by atoms with Crippen LogP contribution in [0.15, 0.2) is 24.3 Å². The van der Waals surface area contributed by atoms with Gasteiger partial charge in [0.15, 0.2) is 0 Å². The molecule has 2 N–H and O–H groups in total. The average Bonchev–Trinajstić information content (AvgIpc) is 2.78. The maximum absolute atomic E-state index is 12.0. The second-order valence-electron chi connectivity index (χ2n) is 5.19. The zero-order valence-corrected chi connectivity index (χ0v) is 11.8. The van der Waals surface area contributed by atoms with Gasteiger partial charge in [-0.15, -0.1) is 0 Å². The number of carboxylic acid groups (broad SMARTS) is 1. The first-order chi connectivity index (χ1) is 9.52. The van der Waals surface area contributed by atoms with E-state index in [9.17, 15) is 14.7 Å². The number of amides is 1. The van der Waals surface area contributed by atoms with E-state index < -0.39 is 12.0 Å². The molecule has 0 aliphatic carbocycles. The SMILES string of the molecule is CCC(C)NC(=O)CN1c2ccccc2CC1C(=O)O. The van der Waals surface area contributed by atoms with E-state index in [1.807, 2.05) is 38.1 Å². The molecule has 0 radical (unpaired) electrons. The normalized spacial score (nSPS) is 18.5. The summed E-state index contributed by atoms with van der Waals surface area (Å²) < 4.78 is 0. The van der Waals surface area contributed by atoms with Crippen LogP contribution in [0.4, 0.5) is 5.69 Å². The molecule has 5 nitrogen and oxygen atoms in total. The third-order valence-electron chi connectivity index (χ3n) is 3.71. The lowest BCUT2D eigenvalue weighted by Gasteiger charge is -2.24. The number of para-hydroxylation sites is 1. The van der Waals surface area contributed by atoms with Gasteiger partial charge in [0.25, 0.3) is 0 Å². The average molecular weight is 276 g/mol. The van der Waals surface area contributed by atoms with Crippen LogP contribution in [0.2, 0.25) is 0 Å². The van der Waals surface area contributed by atoms with Crippen molar-refractivity contribution in [3.8, 4) is 0 Å². The molecule has 20 heavy (non-hydrogen) atoms. The fourth-order valence-electron chi connectivity index (χ4n) is 2.44. The molecule has 0 fully saturated rings. The fraction of sp³-hybridized carbons (Fsp3) is 0.467. The van der Waals surface area contributed by atoms with Crippen LogP contribution in [0.1, 0.15) is 25.8 Å². The molecule has 0 saturated carbocycles. The van der Waals surface area contributed by atoms with E-state index >= 15 is 0 Å². The van der Waals surface area contributed by atoms with E-state index in [0.717, 1.165) is 17.7 Å². The Kier molecular flexibility index (Phi) is 4.27. The van der Waals surface area contributed by atoms with Crippen LogP contribution >= 0.6 is 0 Å². The number of fused-ring (bicyclic) bond motifs is 1. The molecule has 0 aromatic heterocycles. The highest BCUT2D eigenvalue weighted by Gasteiger charge is 2.35. The van der Waals surface area contributed by atoms with Gasteiger partial charge in [-0.3, -0.25) is 4.79 Å². The molecule has 2 unspecified atom stereocenters. The van der Waals surface area contributed by atoms with Crippen molar-refractivity contribution >= 4 is 17.6 Å². The first kappa shape index (κ1) is 14.4. The van der Waals surface area contributed by atoms with Crippen molar-refractivity contribution in [2.75, 3.05) is 11.4 Å². The van der Waals surface area contributed by atoms with Crippen molar-refractivity contribution in [3.05, 3.63) is 29.8 Å². The predicted molar refractivity (Wildman–Crippen MR) is 76.8 cm³/mol. The van der Waals surface area contributed by atoms with Gasteiger partial charge < -0.3 is 15.3 Å². The van der Waals surface area contributed by atoms with Gasteiger partial charge in [-0.2, -0.15) is 0 Å². The number of carbonyl (C=O) groups excluding carboxylic acids is 1. The smallest absolute Gasteiger partial charge is 0.326 e. The minimum atomic E-state index is -0.891. The first-order valence-corrected chi connectivity index (χ1v) is 6.89. The summed E-state index contributed by atoms with van der Waals surface area (Å²) in [5, 5.41) is 12.2. The summed E-state index contributed by atoms with van der Waals surface area (Å²) in [7, 11) is 0. The molecule has 108 valence electrons. The second-order valence-corrected chi connectivity index (χ2v) is 5.19. The van der Waals surface area contributed by atoms with E-state index in [1.54, 1.807) is 4.90 Å². The summed E-state index contributed by atoms with van der Waals surface area (Å²) in [6, 6.07) is 6.98. The number of nitrogens with zero attached hydrogens (tertiary/aromatic N) is 1. The lowest BCUT2D eigenvalue weighted by atomic mass is 10.1. The molecule has 5 heteroatoms. The van der Waals surface area contributed by atoms with E-state index in [4.69, 9.17) is 0 Å². The Morgan fingerprint density at radius 2 is 2.15 bits per heavy atom. The van der Waals surface area contributed by atoms with Crippen molar-refractivity contribution in [1.29, 1.82) is 0 Å².